The largest absolute Gasteiger partial charge is 0.469 e. The third kappa shape index (κ3) is 1.87. The summed E-state index contributed by atoms with van der Waals surface area (Å²) in [6.07, 6.45) is 2.96. The van der Waals surface area contributed by atoms with E-state index in [1.165, 1.54) is 0 Å². The summed E-state index contributed by atoms with van der Waals surface area (Å²) >= 11 is 0. The molecule has 0 atom stereocenters. The Balaban J connectivity index is 2.06. The van der Waals surface area contributed by atoms with Crippen LogP contribution in [0.1, 0.15) is 17.5 Å². The molecule has 0 unspecified atom stereocenters. The van der Waals surface area contributed by atoms with Crippen LogP contribution in [0.15, 0.2) is 27.3 Å². The monoisotopic (exact) mass is 192 g/mol. The third-order valence-corrected chi connectivity index (χ3v) is 1.68. The smallest absolute Gasteiger partial charge is 0.234 e. The highest BCUT2D eigenvalue weighted by molar-refractivity contribution is 5.52. The van der Waals surface area contributed by atoms with Crippen molar-refractivity contribution in [1.29, 1.82) is 0 Å². The fourth-order valence-corrected chi connectivity index (χ4v) is 1.08. The molecule has 5 nitrogen and oxygen atoms in total. The summed E-state index contributed by atoms with van der Waals surface area (Å²) in [7, 11) is 0. The first-order valence-corrected chi connectivity index (χ1v) is 4.16. The van der Waals surface area contributed by atoms with Gasteiger partial charge in [-0.3, -0.25) is 0 Å². The average Bonchev–Trinajstić information content (AvgIpc) is 2.79. The van der Waals surface area contributed by atoms with Crippen LogP contribution < -0.4 is 0 Å². The summed E-state index contributed by atoms with van der Waals surface area (Å²) in [5.41, 5.74) is 0. The van der Waals surface area contributed by atoms with Crippen LogP contribution >= 0.6 is 0 Å². The summed E-state index contributed by atoms with van der Waals surface area (Å²) in [5, 5.41) is 3.63. The minimum Gasteiger partial charge on any atom is -0.469 e. The number of carbonyl (C=O) groups is 1. The number of nitrogens with zero attached hydrogens (tertiary/aromatic N) is 2. The van der Waals surface area contributed by atoms with Gasteiger partial charge in [0.25, 0.3) is 0 Å². The zero-order valence-corrected chi connectivity index (χ0v) is 7.34. The topological polar surface area (TPSA) is 69.1 Å². The van der Waals surface area contributed by atoms with Crippen LogP contribution in [0.5, 0.6) is 0 Å². The van der Waals surface area contributed by atoms with Gasteiger partial charge in [0.05, 0.1) is 19.1 Å². The fourth-order valence-electron chi connectivity index (χ4n) is 1.08. The van der Waals surface area contributed by atoms with E-state index < -0.39 is 0 Å². The zero-order chi connectivity index (χ0) is 9.80. The van der Waals surface area contributed by atoms with Crippen LogP contribution in [0.2, 0.25) is 0 Å². The van der Waals surface area contributed by atoms with E-state index in [2.05, 4.69) is 10.1 Å². The molecule has 0 saturated carbocycles. The minimum absolute atomic E-state index is 0.182. The maximum absolute atomic E-state index is 10.2. The molecule has 0 spiro atoms. The summed E-state index contributed by atoms with van der Waals surface area (Å²) in [6, 6.07) is 3.61. The van der Waals surface area contributed by atoms with Gasteiger partial charge >= 0.3 is 0 Å². The molecule has 0 aromatic carbocycles. The Labute approximate surface area is 79.7 Å². The molecule has 0 aliphatic rings. The quantitative estimate of drug-likeness (QED) is 0.676. The molecule has 0 radical (unpaired) electrons. The lowest BCUT2D eigenvalue weighted by Gasteiger charge is -1.86. The van der Waals surface area contributed by atoms with E-state index in [4.69, 9.17) is 8.94 Å². The van der Waals surface area contributed by atoms with Crippen molar-refractivity contribution in [2.24, 2.45) is 0 Å². The predicted octanol–water partition coefficient (Wildman–Crippen LogP) is 0.995. The van der Waals surface area contributed by atoms with Crippen LogP contribution in [-0.4, -0.2) is 16.4 Å². The van der Waals surface area contributed by atoms with E-state index in [1.807, 2.05) is 6.07 Å². The highest BCUT2D eigenvalue weighted by atomic mass is 16.5. The molecule has 0 N–H and O–H groups in total. The number of hydrogen-bond acceptors (Lipinski definition) is 5. The fraction of sp³-hybridized carbons (Fsp3) is 0.222. The van der Waals surface area contributed by atoms with Crippen LogP contribution in [0.4, 0.5) is 0 Å². The minimum atomic E-state index is 0.182. The van der Waals surface area contributed by atoms with Crippen molar-refractivity contribution in [3.05, 3.63) is 35.9 Å². The van der Waals surface area contributed by atoms with Gasteiger partial charge in [-0.15, -0.1) is 0 Å². The second-order valence-corrected chi connectivity index (χ2v) is 2.73. The van der Waals surface area contributed by atoms with E-state index >= 15 is 0 Å². The number of carbonyl (C=O) groups excluding carboxylic acids is 1. The Morgan fingerprint density at radius 2 is 2.43 bits per heavy atom. The van der Waals surface area contributed by atoms with Gasteiger partial charge in [-0.25, -0.2) is 0 Å². The second-order valence-electron chi connectivity index (χ2n) is 2.73. The first-order valence-electron chi connectivity index (χ1n) is 4.16. The van der Waals surface area contributed by atoms with Crippen LogP contribution in [0.3, 0.4) is 0 Å². The number of aldehydes is 1. The maximum Gasteiger partial charge on any atom is 0.234 e. The average molecular weight is 192 g/mol. The molecular formula is C9H8N2O3. The van der Waals surface area contributed by atoms with Crippen molar-refractivity contribution in [3.8, 4) is 0 Å². The van der Waals surface area contributed by atoms with Gasteiger partial charge in [-0.05, 0) is 12.1 Å². The Morgan fingerprint density at radius 1 is 1.50 bits per heavy atom. The lowest BCUT2D eigenvalue weighted by atomic mass is 10.3. The molecule has 0 saturated heterocycles. The lowest BCUT2D eigenvalue weighted by Crippen LogP contribution is -1.90. The Kier molecular flexibility index (Phi) is 2.40. The van der Waals surface area contributed by atoms with E-state index in [1.54, 1.807) is 12.3 Å². The molecule has 0 bridgehead atoms. The van der Waals surface area contributed by atoms with Crippen molar-refractivity contribution in [2.75, 3.05) is 0 Å². The van der Waals surface area contributed by atoms with Crippen LogP contribution in [0, 0.1) is 0 Å². The molecule has 72 valence electrons. The van der Waals surface area contributed by atoms with Gasteiger partial charge in [-0.2, -0.15) is 4.98 Å². The lowest BCUT2D eigenvalue weighted by molar-refractivity contribution is -0.107. The predicted molar refractivity (Wildman–Crippen MR) is 45.6 cm³/mol. The van der Waals surface area contributed by atoms with Gasteiger partial charge in [-0.1, -0.05) is 5.16 Å². The van der Waals surface area contributed by atoms with E-state index in [-0.39, 0.29) is 6.42 Å². The molecule has 2 aromatic heterocycles. The number of aromatic nitrogens is 2. The summed E-state index contributed by atoms with van der Waals surface area (Å²) in [4.78, 5) is 14.2. The molecule has 5 heteroatoms. The van der Waals surface area contributed by atoms with Crippen molar-refractivity contribution in [3.63, 3.8) is 0 Å². The molecule has 0 aliphatic carbocycles. The van der Waals surface area contributed by atoms with E-state index in [0.717, 1.165) is 12.0 Å². The van der Waals surface area contributed by atoms with Crippen molar-refractivity contribution in [2.45, 2.75) is 12.8 Å². The van der Waals surface area contributed by atoms with Crippen molar-refractivity contribution in [1.82, 2.24) is 10.1 Å². The van der Waals surface area contributed by atoms with Crippen molar-refractivity contribution >= 4 is 6.29 Å². The normalized spacial score (nSPS) is 10.3. The van der Waals surface area contributed by atoms with Gasteiger partial charge in [0.1, 0.15) is 12.0 Å². The number of furan rings is 1. The third-order valence-electron chi connectivity index (χ3n) is 1.68. The molecule has 2 rings (SSSR count). The first-order chi connectivity index (χ1) is 6.88. The standard InChI is InChI=1S/C9H8N2O3/c12-4-3-8-10-9(14-11-8)6-7-2-1-5-13-7/h1-2,4-5H,3,6H2. The van der Waals surface area contributed by atoms with Gasteiger partial charge in [0.2, 0.25) is 5.89 Å². The van der Waals surface area contributed by atoms with Crippen molar-refractivity contribution < 1.29 is 13.7 Å². The molecule has 0 fully saturated rings. The number of hydrogen-bond donors (Lipinski definition) is 0. The molecule has 0 aliphatic heterocycles. The highest BCUT2D eigenvalue weighted by Gasteiger charge is 2.07. The van der Waals surface area contributed by atoms with E-state index in [0.29, 0.717) is 18.1 Å². The second kappa shape index (κ2) is 3.87. The molecule has 0 amide bonds. The molecule has 14 heavy (non-hydrogen) atoms. The Hall–Kier alpha value is -1.91. The van der Waals surface area contributed by atoms with Gasteiger partial charge in [0.15, 0.2) is 5.82 Å². The summed E-state index contributed by atoms with van der Waals surface area (Å²) in [6.45, 7) is 0. The molecule has 2 heterocycles. The van der Waals surface area contributed by atoms with Crippen LogP contribution in [0.25, 0.3) is 0 Å². The zero-order valence-electron chi connectivity index (χ0n) is 7.34. The van der Waals surface area contributed by atoms with Gasteiger partial charge < -0.3 is 13.7 Å². The molecule has 2 aromatic rings. The summed E-state index contributed by atoms with van der Waals surface area (Å²) in [5.74, 6) is 1.62. The van der Waals surface area contributed by atoms with Crippen LogP contribution in [-0.2, 0) is 17.6 Å². The highest BCUT2D eigenvalue weighted by Crippen LogP contribution is 2.07. The first kappa shape index (κ1) is 8.68. The SMILES string of the molecule is O=CCc1noc(Cc2ccco2)n1. The summed E-state index contributed by atoms with van der Waals surface area (Å²) < 4.78 is 10.0. The Morgan fingerprint density at radius 3 is 3.14 bits per heavy atom. The maximum atomic E-state index is 10.2. The Bertz CT molecular complexity index is 405. The number of rotatable bonds is 4. The molecular weight excluding hydrogens is 184 g/mol. The van der Waals surface area contributed by atoms with E-state index in [9.17, 15) is 4.79 Å². The van der Waals surface area contributed by atoms with Gasteiger partial charge in [0, 0.05) is 0 Å².